The second-order valence-electron chi connectivity index (χ2n) is 7.37. The van der Waals surface area contributed by atoms with Crippen molar-refractivity contribution < 1.29 is 19.0 Å². The van der Waals surface area contributed by atoms with Crippen molar-refractivity contribution in [2.75, 3.05) is 0 Å². The number of carboxylic acids is 1. The first-order valence-electron chi connectivity index (χ1n) is 10.0. The number of carbonyl (C=O) groups is 1. The molecule has 6 heteroatoms. The molecule has 0 unspecified atom stereocenters. The van der Waals surface area contributed by atoms with Crippen LogP contribution in [0.3, 0.4) is 0 Å². The molecular formula is C26H21FN2O3. The Morgan fingerprint density at radius 1 is 1.00 bits per heavy atom. The summed E-state index contributed by atoms with van der Waals surface area (Å²) in [5, 5.41) is 9.41. The highest BCUT2D eigenvalue weighted by molar-refractivity contribution is 5.95. The quantitative estimate of drug-likeness (QED) is 0.405. The van der Waals surface area contributed by atoms with Crippen LogP contribution in [0.4, 0.5) is 4.39 Å². The molecule has 3 aromatic carbocycles. The van der Waals surface area contributed by atoms with Gasteiger partial charge in [-0.2, -0.15) is 0 Å². The number of nitrogens with two attached hydrogens (primary N) is 1. The van der Waals surface area contributed by atoms with Crippen molar-refractivity contribution in [1.29, 1.82) is 0 Å². The molecule has 0 amide bonds. The average Bonchev–Trinajstić information content (AvgIpc) is 2.78. The zero-order valence-corrected chi connectivity index (χ0v) is 17.4. The van der Waals surface area contributed by atoms with Gasteiger partial charge in [0, 0.05) is 18.2 Å². The number of aryl methyl sites for hydroxylation is 1. The maximum absolute atomic E-state index is 14.1. The van der Waals surface area contributed by atoms with Crippen LogP contribution in [0.1, 0.15) is 21.5 Å². The van der Waals surface area contributed by atoms with Gasteiger partial charge in [0.25, 0.3) is 0 Å². The molecule has 0 saturated heterocycles. The van der Waals surface area contributed by atoms with E-state index in [1.807, 2.05) is 43.3 Å². The summed E-state index contributed by atoms with van der Waals surface area (Å²) in [5.74, 6) is -1.31. The van der Waals surface area contributed by atoms with E-state index in [-0.39, 0.29) is 11.4 Å². The van der Waals surface area contributed by atoms with Crippen molar-refractivity contribution in [3.63, 3.8) is 0 Å². The van der Waals surface area contributed by atoms with Crippen molar-refractivity contribution in [2.45, 2.75) is 13.5 Å². The summed E-state index contributed by atoms with van der Waals surface area (Å²) >= 11 is 0. The average molecular weight is 428 g/mol. The van der Waals surface area contributed by atoms with Crippen LogP contribution in [0.5, 0.6) is 11.6 Å². The summed E-state index contributed by atoms with van der Waals surface area (Å²) < 4.78 is 20.1. The molecule has 1 aromatic heterocycles. The summed E-state index contributed by atoms with van der Waals surface area (Å²) in [6, 6.07) is 22.9. The number of hydrogen-bond donors (Lipinski definition) is 2. The van der Waals surface area contributed by atoms with Gasteiger partial charge in [0.05, 0.1) is 5.69 Å². The molecule has 160 valence electrons. The van der Waals surface area contributed by atoms with E-state index in [1.165, 1.54) is 12.1 Å². The lowest BCUT2D eigenvalue weighted by atomic mass is 10.0. The third-order valence-electron chi connectivity index (χ3n) is 5.00. The van der Waals surface area contributed by atoms with E-state index in [4.69, 9.17) is 10.5 Å². The van der Waals surface area contributed by atoms with Crippen LogP contribution in [0.2, 0.25) is 0 Å². The van der Waals surface area contributed by atoms with Crippen molar-refractivity contribution in [3.05, 3.63) is 101 Å². The van der Waals surface area contributed by atoms with Crippen LogP contribution in [0, 0.1) is 12.7 Å². The van der Waals surface area contributed by atoms with Crippen LogP contribution in [-0.2, 0) is 6.54 Å². The third kappa shape index (κ3) is 4.50. The number of benzene rings is 3. The molecule has 3 N–H and O–H groups in total. The highest BCUT2D eigenvalue weighted by atomic mass is 19.1. The molecule has 0 aliphatic carbocycles. The number of nitrogens with zero attached hydrogens (tertiary/aromatic N) is 1. The first-order chi connectivity index (χ1) is 15.4. The number of hydrogen-bond acceptors (Lipinski definition) is 4. The predicted molar refractivity (Wildman–Crippen MR) is 121 cm³/mol. The van der Waals surface area contributed by atoms with E-state index in [1.54, 1.807) is 18.2 Å². The molecule has 0 bridgehead atoms. The SMILES string of the molecule is Cc1cc(Oc2cccc(-c3cccc(F)c3C(=O)O)n2)cc(-c2cccc(CN)c2)c1. The number of rotatable bonds is 6. The molecule has 4 rings (SSSR count). The van der Waals surface area contributed by atoms with Gasteiger partial charge in [0.2, 0.25) is 5.88 Å². The van der Waals surface area contributed by atoms with Crippen LogP contribution in [0.25, 0.3) is 22.4 Å². The number of aromatic carboxylic acids is 1. The van der Waals surface area contributed by atoms with Crippen molar-refractivity contribution in [3.8, 4) is 34.0 Å². The number of carboxylic acid groups (broad SMARTS) is 1. The van der Waals surface area contributed by atoms with Gasteiger partial charge in [0.1, 0.15) is 17.1 Å². The predicted octanol–water partition coefficient (Wildman–Crippen LogP) is 5.81. The fourth-order valence-corrected chi connectivity index (χ4v) is 3.55. The van der Waals surface area contributed by atoms with Gasteiger partial charge in [-0.1, -0.05) is 42.5 Å². The highest BCUT2D eigenvalue weighted by Gasteiger charge is 2.18. The van der Waals surface area contributed by atoms with E-state index in [0.717, 1.165) is 28.3 Å². The van der Waals surface area contributed by atoms with Gasteiger partial charge in [-0.3, -0.25) is 0 Å². The number of aromatic nitrogens is 1. The first-order valence-corrected chi connectivity index (χ1v) is 10.0. The first kappa shape index (κ1) is 21.2. The maximum Gasteiger partial charge on any atom is 0.339 e. The van der Waals surface area contributed by atoms with Gasteiger partial charge in [0.15, 0.2) is 0 Å². The van der Waals surface area contributed by atoms with Crippen LogP contribution in [-0.4, -0.2) is 16.1 Å². The van der Waals surface area contributed by atoms with E-state index >= 15 is 0 Å². The molecule has 32 heavy (non-hydrogen) atoms. The standard InChI is InChI=1S/C26H21FN2O3/c1-16-11-19(18-6-2-5-17(13-18)15-28)14-20(12-16)32-24-10-4-9-23(29-24)21-7-3-8-22(27)25(21)26(30)31/h2-14H,15,28H2,1H3,(H,30,31). The number of halogens is 1. The smallest absolute Gasteiger partial charge is 0.339 e. The Labute approximate surface area is 184 Å². The van der Waals surface area contributed by atoms with Gasteiger partial charge >= 0.3 is 5.97 Å². The molecule has 4 aromatic rings. The topological polar surface area (TPSA) is 85.4 Å². The fourth-order valence-electron chi connectivity index (χ4n) is 3.55. The van der Waals surface area contributed by atoms with Crippen LogP contribution < -0.4 is 10.5 Å². The molecule has 0 radical (unpaired) electrons. The molecular weight excluding hydrogens is 407 g/mol. The minimum atomic E-state index is -1.35. The van der Waals surface area contributed by atoms with Crippen LogP contribution >= 0.6 is 0 Å². The Bertz CT molecular complexity index is 1300. The van der Waals surface area contributed by atoms with E-state index in [9.17, 15) is 14.3 Å². The molecule has 0 atom stereocenters. The summed E-state index contributed by atoms with van der Waals surface area (Å²) in [6.45, 7) is 2.43. The normalized spacial score (nSPS) is 10.7. The van der Waals surface area contributed by atoms with Crippen molar-refractivity contribution in [2.24, 2.45) is 5.73 Å². The molecule has 0 saturated carbocycles. The molecule has 0 fully saturated rings. The van der Waals surface area contributed by atoms with Crippen LogP contribution in [0.15, 0.2) is 78.9 Å². The molecule has 5 nitrogen and oxygen atoms in total. The molecule has 1 heterocycles. The zero-order valence-electron chi connectivity index (χ0n) is 17.4. The number of pyridine rings is 1. The summed E-state index contributed by atoms with van der Waals surface area (Å²) in [7, 11) is 0. The Balaban J connectivity index is 1.69. The largest absolute Gasteiger partial charge is 0.478 e. The molecule has 0 aliphatic rings. The van der Waals surface area contributed by atoms with E-state index < -0.39 is 17.3 Å². The van der Waals surface area contributed by atoms with Crippen molar-refractivity contribution >= 4 is 5.97 Å². The summed E-state index contributed by atoms with van der Waals surface area (Å²) in [5.41, 5.74) is 9.88. The number of ether oxygens (including phenoxy) is 1. The Hall–Kier alpha value is -4.03. The summed E-state index contributed by atoms with van der Waals surface area (Å²) in [6.07, 6.45) is 0. The lowest BCUT2D eigenvalue weighted by molar-refractivity contribution is 0.0692. The second-order valence-corrected chi connectivity index (χ2v) is 7.37. The van der Waals surface area contributed by atoms with Gasteiger partial charge in [-0.15, -0.1) is 0 Å². The van der Waals surface area contributed by atoms with Gasteiger partial charge in [-0.25, -0.2) is 14.2 Å². The molecule has 0 aliphatic heterocycles. The Morgan fingerprint density at radius 2 is 1.78 bits per heavy atom. The minimum Gasteiger partial charge on any atom is -0.478 e. The highest BCUT2D eigenvalue weighted by Crippen LogP contribution is 2.31. The lowest BCUT2D eigenvalue weighted by Gasteiger charge is -2.12. The third-order valence-corrected chi connectivity index (χ3v) is 5.00. The zero-order chi connectivity index (χ0) is 22.7. The van der Waals surface area contributed by atoms with E-state index in [0.29, 0.717) is 18.0 Å². The van der Waals surface area contributed by atoms with Crippen molar-refractivity contribution in [1.82, 2.24) is 4.98 Å². The summed E-state index contributed by atoms with van der Waals surface area (Å²) in [4.78, 5) is 16.0. The van der Waals surface area contributed by atoms with E-state index in [2.05, 4.69) is 11.1 Å². The Morgan fingerprint density at radius 3 is 2.56 bits per heavy atom. The fraction of sp³-hybridized carbons (Fsp3) is 0.0769. The monoisotopic (exact) mass is 428 g/mol. The minimum absolute atomic E-state index is 0.187. The van der Waals surface area contributed by atoms with Gasteiger partial charge < -0.3 is 15.6 Å². The maximum atomic E-state index is 14.1. The second kappa shape index (κ2) is 8.99. The van der Waals surface area contributed by atoms with Gasteiger partial charge in [-0.05, 0) is 59.5 Å². The molecule has 0 spiro atoms. The lowest BCUT2D eigenvalue weighted by Crippen LogP contribution is -2.04. The Kier molecular flexibility index (Phi) is 5.96.